The summed E-state index contributed by atoms with van der Waals surface area (Å²) in [5, 5.41) is 0. The Balaban J connectivity index is 3.05. The zero-order valence-electron chi connectivity index (χ0n) is 11.8. The summed E-state index contributed by atoms with van der Waals surface area (Å²) in [5.74, 6) is -0.321. The van der Waals surface area contributed by atoms with Crippen molar-refractivity contribution in [1.82, 2.24) is 4.31 Å². The van der Waals surface area contributed by atoms with Crippen molar-refractivity contribution in [2.75, 3.05) is 19.0 Å². The summed E-state index contributed by atoms with van der Waals surface area (Å²) in [5.41, 5.74) is 0.427. The summed E-state index contributed by atoms with van der Waals surface area (Å²) < 4.78 is 26.4. The normalized spacial score (nSPS) is 11.8. The molecule has 0 heterocycles. The fraction of sp³-hybridized carbons (Fsp3) is 0.500. The topological polar surface area (TPSA) is 54.5 Å². The van der Waals surface area contributed by atoms with Gasteiger partial charge in [-0.2, -0.15) is 4.31 Å². The second kappa shape index (κ2) is 7.76. The predicted molar refractivity (Wildman–Crippen MR) is 80.8 cm³/mol. The van der Waals surface area contributed by atoms with Crippen LogP contribution < -0.4 is 0 Å². The maximum atomic E-state index is 12.5. The lowest BCUT2D eigenvalue weighted by molar-refractivity contribution is 0.102. The molecule has 0 saturated carbocycles. The molecule has 0 unspecified atom stereocenters. The first-order valence-electron chi connectivity index (χ1n) is 6.66. The minimum absolute atomic E-state index is 0.107. The van der Waals surface area contributed by atoms with Crippen molar-refractivity contribution in [2.45, 2.75) is 31.6 Å². The number of rotatable bonds is 8. The molecule has 112 valence electrons. The number of hydrogen-bond acceptors (Lipinski definition) is 3. The van der Waals surface area contributed by atoms with Crippen LogP contribution in [-0.4, -0.2) is 37.5 Å². The van der Waals surface area contributed by atoms with Crippen LogP contribution in [0.5, 0.6) is 0 Å². The molecule has 0 aliphatic carbocycles. The summed E-state index contributed by atoms with van der Waals surface area (Å²) in [6, 6.07) is 5.95. The Hall–Kier alpha value is -0.910. The molecule has 0 atom stereocenters. The van der Waals surface area contributed by atoms with E-state index in [1.54, 1.807) is 0 Å². The van der Waals surface area contributed by atoms with Crippen LogP contribution in [0, 0.1) is 0 Å². The van der Waals surface area contributed by atoms with Crippen molar-refractivity contribution in [2.24, 2.45) is 0 Å². The first kappa shape index (κ1) is 17.1. The summed E-state index contributed by atoms with van der Waals surface area (Å²) in [6.45, 7) is 4.89. The second-order valence-electron chi connectivity index (χ2n) is 4.49. The number of nitrogens with zero attached hydrogens (tertiary/aromatic N) is 1. The van der Waals surface area contributed by atoms with Gasteiger partial charge in [0.15, 0.2) is 5.78 Å². The standard InChI is InChI=1S/C14H20ClNO3S/c1-3-9-16(10-4-2)20(18,19)13-7-5-12(6-8-13)14(17)11-15/h5-8H,3-4,9-11H2,1-2H3. The molecular weight excluding hydrogens is 298 g/mol. The summed E-state index contributed by atoms with van der Waals surface area (Å²) in [6.07, 6.45) is 1.53. The molecule has 0 bridgehead atoms. The molecule has 4 nitrogen and oxygen atoms in total. The highest BCUT2D eigenvalue weighted by Crippen LogP contribution is 2.17. The van der Waals surface area contributed by atoms with Crippen LogP contribution in [0.4, 0.5) is 0 Å². The van der Waals surface area contributed by atoms with E-state index in [0.29, 0.717) is 18.7 Å². The molecule has 1 aromatic rings. The number of ketones is 1. The Morgan fingerprint density at radius 1 is 1.10 bits per heavy atom. The summed E-state index contributed by atoms with van der Waals surface area (Å²) >= 11 is 5.47. The van der Waals surface area contributed by atoms with Gasteiger partial charge in [-0.15, -0.1) is 11.6 Å². The zero-order chi connectivity index (χ0) is 15.2. The lowest BCUT2D eigenvalue weighted by Gasteiger charge is -2.21. The molecule has 0 aromatic heterocycles. The summed E-state index contributed by atoms with van der Waals surface area (Å²) in [7, 11) is -3.49. The number of carbonyl (C=O) groups is 1. The summed E-state index contributed by atoms with van der Waals surface area (Å²) in [4.78, 5) is 11.6. The highest BCUT2D eigenvalue weighted by Gasteiger charge is 2.23. The number of hydrogen-bond donors (Lipinski definition) is 0. The van der Waals surface area contributed by atoms with Crippen molar-refractivity contribution in [1.29, 1.82) is 0 Å². The number of alkyl halides is 1. The van der Waals surface area contributed by atoms with Gasteiger partial charge < -0.3 is 0 Å². The molecular formula is C14H20ClNO3S. The smallest absolute Gasteiger partial charge is 0.243 e. The average molecular weight is 318 g/mol. The Kier molecular flexibility index (Phi) is 6.65. The Labute approximate surface area is 125 Å². The molecule has 0 fully saturated rings. The third kappa shape index (κ3) is 4.04. The van der Waals surface area contributed by atoms with Crippen molar-refractivity contribution in [3.63, 3.8) is 0 Å². The molecule has 6 heteroatoms. The molecule has 0 radical (unpaired) electrons. The fourth-order valence-electron chi connectivity index (χ4n) is 1.89. The molecule has 0 amide bonds. The van der Waals surface area contributed by atoms with Gasteiger partial charge >= 0.3 is 0 Å². The molecule has 0 aliphatic rings. The van der Waals surface area contributed by atoms with Crippen LogP contribution in [0.2, 0.25) is 0 Å². The van der Waals surface area contributed by atoms with Crippen LogP contribution in [-0.2, 0) is 10.0 Å². The van der Waals surface area contributed by atoms with Crippen LogP contribution in [0.15, 0.2) is 29.2 Å². The van der Waals surface area contributed by atoms with E-state index >= 15 is 0 Å². The van der Waals surface area contributed by atoms with Gasteiger partial charge in [-0.25, -0.2) is 8.42 Å². The van der Waals surface area contributed by atoms with E-state index in [1.165, 1.54) is 28.6 Å². The highest BCUT2D eigenvalue weighted by molar-refractivity contribution is 7.89. The van der Waals surface area contributed by atoms with Crippen molar-refractivity contribution in [3.8, 4) is 0 Å². The van der Waals surface area contributed by atoms with Crippen molar-refractivity contribution >= 4 is 27.4 Å². The SMILES string of the molecule is CCCN(CCC)S(=O)(=O)c1ccc(C(=O)CCl)cc1. The first-order chi connectivity index (χ1) is 9.47. The van der Waals surface area contributed by atoms with Gasteiger partial charge in [0.2, 0.25) is 10.0 Å². The monoisotopic (exact) mass is 317 g/mol. The van der Waals surface area contributed by atoms with E-state index < -0.39 is 10.0 Å². The Bertz CT molecular complexity index is 534. The van der Waals surface area contributed by atoms with Crippen LogP contribution in [0.3, 0.4) is 0 Å². The second-order valence-corrected chi connectivity index (χ2v) is 6.69. The largest absolute Gasteiger partial charge is 0.293 e. The highest BCUT2D eigenvalue weighted by atomic mass is 35.5. The van der Waals surface area contributed by atoms with Crippen LogP contribution in [0.1, 0.15) is 37.0 Å². The Morgan fingerprint density at radius 2 is 1.60 bits per heavy atom. The van der Waals surface area contributed by atoms with E-state index in [0.717, 1.165) is 12.8 Å². The minimum Gasteiger partial charge on any atom is -0.293 e. The van der Waals surface area contributed by atoms with E-state index in [1.807, 2.05) is 13.8 Å². The lowest BCUT2D eigenvalue weighted by atomic mass is 10.1. The molecule has 1 rings (SSSR count). The third-order valence-corrected chi connectivity index (χ3v) is 5.04. The van der Waals surface area contributed by atoms with Gasteiger partial charge in [0.05, 0.1) is 10.8 Å². The maximum Gasteiger partial charge on any atom is 0.243 e. The minimum atomic E-state index is -3.49. The Morgan fingerprint density at radius 3 is 2.00 bits per heavy atom. The zero-order valence-corrected chi connectivity index (χ0v) is 13.4. The van der Waals surface area contributed by atoms with E-state index in [4.69, 9.17) is 11.6 Å². The lowest BCUT2D eigenvalue weighted by Crippen LogP contribution is -2.32. The van der Waals surface area contributed by atoms with E-state index in [-0.39, 0.29) is 16.6 Å². The van der Waals surface area contributed by atoms with Gasteiger partial charge in [-0.3, -0.25) is 4.79 Å². The first-order valence-corrected chi connectivity index (χ1v) is 8.64. The molecule has 1 aromatic carbocycles. The quantitative estimate of drug-likeness (QED) is 0.547. The predicted octanol–water partition coefficient (Wildman–Crippen LogP) is 2.92. The number of sulfonamides is 1. The van der Waals surface area contributed by atoms with Crippen molar-refractivity contribution < 1.29 is 13.2 Å². The van der Waals surface area contributed by atoms with Crippen LogP contribution >= 0.6 is 11.6 Å². The molecule has 0 aliphatic heterocycles. The fourth-order valence-corrected chi connectivity index (χ4v) is 3.67. The van der Waals surface area contributed by atoms with Gasteiger partial charge in [0.25, 0.3) is 0 Å². The number of carbonyl (C=O) groups excluding carboxylic acids is 1. The maximum absolute atomic E-state index is 12.5. The average Bonchev–Trinajstić information content (AvgIpc) is 2.46. The van der Waals surface area contributed by atoms with Crippen LogP contribution in [0.25, 0.3) is 0 Å². The van der Waals surface area contributed by atoms with Gasteiger partial charge in [0.1, 0.15) is 0 Å². The molecule has 0 saturated heterocycles. The molecule has 20 heavy (non-hydrogen) atoms. The number of benzene rings is 1. The molecule has 0 spiro atoms. The van der Waals surface area contributed by atoms with Gasteiger partial charge in [0, 0.05) is 18.7 Å². The van der Waals surface area contributed by atoms with Crippen molar-refractivity contribution in [3.05, 3.63) is 29.8 Å². The van der Waals surface area contributed by atoms with E-state index in [2.05, 4.69) is 0 Å². The molecule has 0 N–H and O–H groups in total. The van der Waals surface area contributed by atoms with Gasteiger partial charge in [-0.05, 0) is 25.0 Å². The van der Waals surface area contributed by atoms with Gasteiger partial charge in [-0.1, -0.05) is 26.0 Å². The third-order valence-electron chi connectivity index (χ3n) is 2.88. The number of halogens is 1. The number of Topliss-reactive ketones (excluding diaryl/α,β-unsaturated/α-hetero) is 1. The van der Waals surface area contributed by atoms with E-state index in [9.17, 15) is 13.2 Å².